The summed E-state index contributed by atoms with van der Waals surface area (Å²) in [6.07, 6.45) is 0. The van der Waals surface area contributed by atoms with Gasteiger partial charge in [-0.2, -0.15) is 0 Å². The van der Waals surface area contributed by atoms with Gasteiger partial charge < -0.3 is 9.47 Å². The number of halogens is 1. The summed E-state index contributed by atoms with van der Waals surface area (Å²) >= 11 is 5.96. The maximum Gasteiger partial charge on any atom is 0.244 e. The predicted octanol–water partition coefficient (Wildman–Crippen LogP) is 2.73. The second kappa shape index (κ2) is 5.21. The fourth-order valence-corrected chi connectivity index (χ4v) is 2.46. The smallest absolute Gasteiger partial charge is 0.244 e. The molecule has 0 aliphatic rings. The molecule has 5 heteroatoms. The summed E-state index contributed by atoms with van der Waals surface area (Å²) in [7, 11) is 3.50. The molecule has 1 amide bonds. The SMILES string of the molecule is Cc1ccc2c(c1)nc(CCl)n2C(C)C(=O)N(C)C. The van der Waals surface area contributed by atoms with Crippen molar-refractivity contribution in [1.29, 1.82) is 0 Å². The zero-order valence-corrected chi connectivity index (χ0v) is 12.4. The molecule has 19 heavy (non-hydrogen) atoms. The van der Waals surface area contributed by atoms with Crippen LogP contribution in [0.15, 0.2) is 18.2 Å². The fourth-order valence-electron chi connectivity index (χ4n) is 2.27. The molecule has 1 atom stereocenters. The topological polar surface area (TPSA) is 38.1 Å². The van der Waals surface area contributed by atoms with Crippen LogP contribution in [0.1, 0.15) is 24.4 Å². The van der Waals surface area contributed by atoms with Crippen LogP contribution in [-0.4, -0.2) is 34.5 Å². The molecule has 0 aliphatic heterocycles. The Balaban J connectivity index is 2.60. The Labute approximate surface area is 118 Å². The average molecular weight is 280 g/mol. The van der Waals surface area contributed by atoms with Crippen molar-refractivity contribution in [2.45, 2.75) is 25.8 Å². The van der Waals surface area contributed by atoms with Crippen LogP contribution in [-0.2, 0) is 10.7 Å². The van der Waals surface area contributed by atoms with E-state index < -0.39 is 0 Å². The molecule has 4 nitrogen and oxygen atoms in total. The third-order valence-corrected chi connectivity index (χ3v) is 3.46. The zero-order chi connectivity index (χ0) is 14.2. The van der Waals surface area contributed by atoms with E-state index in [0.29, 0.717) is 5.88 Å². The summed E-state index contributed by atoms with van der Waals surface area (Å²) in [4.78, 5) is 18.3. The number of hydrogen-bond acceptors (Lipinski definition) is 2. The minimum absolute atomic E-state index is 0.0336. The van der Waals surface area contributed by atoms with E-state index in [2.05, 4.69) is 4.98 Å². The molecule has 2 aromatic rings. The molecule has 0 bridgehead atoms. The maximum atomic E-state index is 12.2. The van der Waals surface area contributed by atoms with Crippen molar-refractivity contribution >= 4 is 28.5 Å². The molecule has 0 saturated carbocycles. The monoisotopic (exact) mass is 279 g/mol. The Kier molecular flexibility index (Phi) is 3.80. The Morgan fingerprint density at radius 1 is 1.47 bits per heavy atom. The van der Waals surface area contributed by atoms with Crippen LogP contribution in [0.5, 0.6) is 0 Å². The first kappa shape index (κ1) is 13.9. The number of fused-ring (bicyclic) bond motifs is 1. The van der Waals surface area contributed by atoms with Crippen LogP contribution < -0.4 is 0 Å². The molecule has 1 aromatic heterocycles. The van der Waals surface area contributed by atoms with Gasteiger partial charge in [-0.25, -0.2) is 4.98 Å². The van der Waals surface area contributed by atoms with Gasteiger partial charge in [0, 0.05) is 14.1 Å². The van der Waals surface area contributed by atoms with Crippen LogP contribution in [0.3, 0.4) is 0 Å². The second-order valence-corrected chi connectivity index (χ2v) is 5.20. The van der Waals surface area contributed by atoms with Gasteiger partial charge in [0.1, 0.15) is 11.9 Å². The number of amides is 1. The lowest BCUT2D eigenvalue weighted by Crippen LogP contribution is -2.30. The van der Waals surface area contributed by atoms with Crippen LogP contribution in [0, 0.1) is 6.92 Å². The van der Waals surface area contributed by atoms with E-state index in [1.165, 1.54) is 0 Å². The third kappa shape index (κ3) is 2.45. The highest BCUT2D eigenvalue weighted by Crippen LogP contribution is 2.24. The van der Waals surface area contributed by atoms with E-state index in [-0.39, 0.29) is 11.9 Å². The molecule has 0 N–H and O–H groups in total. The lowest BCUT2D eigenvalue weighted by molar-refractivity contribution is -0.131. The molecule has 0 aliphatic carbocycles. The quantitative estimate of drug-likeness (QED) is 0.810. The van der Waals surface area contributed by atoms with E-state index in [9.17, 15) is 4.79 Å². The van der Waals surface area contributed by atoms with Crippen molar-refractivity contribution in [3.8, 4) is 0 Å². The number of likely N-dealkylation sites (N-methyl/N-ethyl adjacent to an activating group) is 1. The number of nitrogens with zero attached hydrogens (tertiary/aromatic N) is 3. The van der Waals surface area contributed by atoms with Gasteiger partial charge in [-0.05, 0) is 31.5 Å². The normalized spacial score (nSPS) is 12.7. The zero-order valence-electron chi connectivity index (χ0n) is 11.6. The maximum absolute atomic E-state index is 12.2. The number of carbonyl (C=O) groups is 1. The van der Waals surface area contributed by atoms with E-state index in [1.807, 2.05) is 36.6 Å². The highest BCUT2D eigenvalue weighted by molar-refractivity contribution is 6.17. The molecular weight excluding hydrogens is 262 g/mol. The predicted molar refractivity (Wildman–Crippen MR) is 77.4 cm³/mol. The lowest BCUT2D eigenvalue weighted by atomic mass is 10.2. The standard InChI is InChI=1S/C14H18ClN3O/c1-9-5-6-12-11(7-9)16-13(8-15)18(12)10(2)14(19)17(3)4/h5-7,10H,8H2,1-4H3. The van der Waals surface area contributed by atoms with Gasteiger partial charge in [-0.15, -0.1) is 11.6 Å². The van der Waals surface area contributed by atoms with Crippen LogP contribution in [0.4, 0.5) is 0 Å². The van der Waals surface area contributed by atoms with Crippen molar-refractivity contribution in [2.24, 2.45) is 0 Å². The molecule has 0 radical (unpaired) electrons. The fraction of sp³-hybridized carbons (Fsp3) is 0.429. The van der Waals surface area contributed by atoms with Gasteiger partial charge in [0.25, 0.3) is 0 Å². The molecule has 2 rings (SSSR count). The number of aryl methyl sites for hydroxylation is 1. The van der Waals surface area contributed by atoms with E-state index in [1.54, 1.807) is 19.0 Å². The first-order chi connectivity index (χ1) is 8.95. The summed E-state index contributed by atoms with van der Waals surface area (Å²) in [6.45, 7) is 3.90. The number of hydrogen-bond donors (Lipinski definition) is 0. The summed E-state index contributed by atoms with van der Waals surface area (Å²) < 4.78 is 1.92. The number of alkyl halides is 1. The van der Waals surface area contributed by atoms with Crippen LogP contribution in [0.25, 0.3) is 11.0 Å². The van der Waals surface area contributed by atoms with Gasteiger partial charge in [0.15, 0.2) is 0 Å². The Morgan fingerprint density at radius 2 is 2.16 bits per heavy atom. The first-order valence-corrected chi connectivity index (χ1v) is 6.73. The molecule has 0 saturated heterocycles. The van der Waals surface area contributed by atoms with Gasteiger partial charge in [0.2, 0.25) is 5.91 Å². The summed E-state index contributed by atoms with van der Waals surface area (Å²) in [6, 6.07) is 5.71. The number of rotatable bonds is 3. The van der Waals surface area contributed by atoms with Crippen molar-refractivity contribution in [3.05, 3.63) is 29.6 Å². The van der Waals surface area contributed by atoms with Crippen LogP contribution in [0.2, 0.25) is 0 Å². The van der Waals surface area contributed by atoms with E-state index in [4.69, 9.17) is 11.6 Å². The van der Waals surface area contributed by atoms with Gasteiger partial charge >= 0.3 is 0 Å². The summed E-state index contributed by atoms with van der Waals surface area (Å²) in [5, 5.41) is 0. The van der Waals surface area contributed by atoms with E-state index in [0.717, 1.165) is 22.4 Å². The van der Waals surface area contributed by atoms with Gasteiger partial charge in [0.05, 0.1) is 16.9 Å². The highest BCUT2D eigenvalue weighted by atomic mass is 35.5. The molecule has 1 unspecified atom stereocenters. The number of aromatic nitrogens is 2. The Hall–Kier alpha value is -1.55. The number of carbonyl (C=O) groups excluding carboxylic acids is 1. The Bertz CT molecular complexity index is 618. The summed E-state index contributed by atoms with van der Waals surface area (Å²) in [5.41, 5.74) is 2.97. The molecule has 0 spiro atoms. The Morgan fingerprint density at radius 3 is 2.74 bits per heavy atom. The molecule has 0 fully saturated rings. The lowest BCUT2D eigenvalue weighted by Gasteiger charge is -2.20. The molecular formula is C14H18ClN3O. The van der Waals surface area contributed by atoms with E-state index >= 15 is 0 Å². The molecule has 1 aromatic carbocycles. The minimum Gasteiger partial charge on any atom is -0.347 e. The minimum atomic E-state index is -0.309. The molecule has 1 heterocycles. The van der Waals surface area contributed by atoms with Crippen molar-refractivity contribution in [2.75, 3.05) is 14.1 Å². The van der Waals surface area contributed by atoms with Crippen molar-refractivity contribution < 1.29 is 4.79 Å². The van der Waals surface area contributed by atoms with Crippen molar-refractivity contribution in [3.63, 3.8) is 0 Å². The molecule has 102 valence electrons. The van der Waals surface area contributed by atoms with Crippen molar-refractivity contribution in [1.82, 2.24) is 14.5 Å². The highest BCUT2D eigenvalue weighted by Gasteiger charge is 2.22. The largest absolute Gasteiger partial charge is 0.347 e. The van der Waals surface area contributed by atoms with Crippen LogP contribution >= 0.6 is 11.6 Å². The number of imidazole rings is 1. The van der Waals surface area contributed by atoms with Gasteiger partial charge in [-0.3, -0.25) is 4.79 Å². The second-order valence-electron chi connectivity index (χ2n) is 4.93. The first-order valence-electron chi connectivity index (χ1n) is 6.20. The third-order valence-electron chi connectivity index (χ3n) is 3.22. The number of benzene rings is 1. The van der Waals surface area contributed by atoms with Gasteiger partial charge in [-0.1, -0.05) is 6.07 Å². The summed E-state index contributed by atoms with van der Waals surface area (Å²) in [5.74, 6) is 1.05. The average Bonchev–Trinajstić information content (AvgIpc) is 2.74.